The van der Waals surface area contributed by atoms with Gasteiger partial charge in [-0.3, -0.25) is 5.32 Å². The molecule has 2 aromatic rings. The van der Waals surface area contributed by atoms with Crippen molar-refractivity contribution in [1.29, 1.82) is 0 Å². The van der Waals surface area contributed by atoms with Gasteiger partial charge in [0.1, 0.15) is 5.56 Å². The third-order valence-corrected chi connectivity index (χ3v) is 5.02. The van der Waals surface area contributed by atoms with Crippen LogP contribution in [-0.2, 0) is 21.8 Å². The van der Waals surface area contributed by atoms with Crippen LogP contribution in [0.5, 0.6) is 11.8 Å². The van der Waals surface area contributed by atoms with Gasteiger partial charge >= 0.3 is 12.0 Å². The summed E-state index contributed by atoms with van der Waals surface area (Å²) in [6.45, 7) is 0. The van der Waals surface area contributed by atoms with Crippen LogP contribution in [-0.4, -0.2) is 56.3 Å². The number of halogens is 1. The van der Waals surface area contributed by atoms with Gasteiger partial charge in [-0.25, -0.2) is 14.3 Å². The van der Waals surface area contributed by atoms with Crippen LogP contribution < -0.4 is 19.5 Å². The number of ether oxygens (including phenoxy) is 3. The Bertz CT molecular complexity index is 999. The summed E-state index contributed by atoms with van der Waals surface area (Å²) >= 11 is 5.90. The highest BCUT2D eigenvalue weighted by Gasteiger charge is 2.31. The van der Waals surface area contributed by atoms with Gasteiger partial charge in [-0.1, -0.05) is 11.6 Å². The molecular formula is C14H16ClN5O7S. The number of hydrogen-bond acceptors (Lipinski definition) is 9. The Morgan fingerprint density at radius 1 is 1.14 bits per heavy atom. The second kappa shape index (κ2) is 8.31. The minimum absolute atomic E-state index is 0.0761. The number of urea groups is 1. The van der Waals surface area contributed by atoms with Gasteiger partial charge in [-0.2, -0.15) is 18.4 Å². The summed E-state index contributed by atoms with van der Waals surface area (Å²) in [5.74, 6) is -1.10. The number of anilines is 1. The fourth-order valence-electron chi connectivity index (χ4n) is 2.15. The van der Waals surface area contributed by atoms with E-state index in [0.29, 0.717) is 0 Å². The van der Waals surface area contributed by atoms with E-state index in [0.717, 1.165) is 11.7 Å². The van der Waals surface area contributed by atoms with Gasteiger partial charge in [-0.15, -0.1) is 0 Å². The van der Waals surface area contributed by atoms with E-state index in [-0.39, 0.29) is 22.7 Å². The number of nitrogens with one attached hydrogen (secondary N) is 2. The standard InChI is InChI=1S/C14H16ClN5O7S/c1-20-6-7(15)10(12(21)27-4)11(20)28(23,24)19-14(22)18-13-16-8(25-2)5-9(17-13)26-3/h5-6H,1-4H3,(H2,16,17,18,19,22). The second-order valence-corrected chi connectivity index (χ2v) is 7.10. The van der Waals surface area contributed by atoms with E-state index in [2.05, 4.69) is 20.0 Å². The number of aromatic nitrogens is 3. The first-order valence-electron chi connectivity index (χ1n) is 7.37. The Labute approximate surface area is 164 Å². The number of amides is 2. The Morgan fingerprint density at radius 3 is 2.21 bits per heavy atom. The Balaban J connectivity index is 2.31. The number of esters is 1. The third-order valence-electron chi connectivity index (χ3n) is 3.27. The van der Waals surface area contributed by atoms with Crippen LogP contribution in [0.15, 0.2) is 17.3 Å². The van der Waals surface area contributed by atoms with Crippen molar-refractivity contribution < 1.29 is 32.2 Å². The molecule has 152 valence electrons. The number of sulfonamides is 1. The second-order valence-electron chi connectivity index (χ2n) is 5.10. The molecule has 0 aliphatic rings. The zero-order chi connectivity index (χ0) is 21.1. The molecule has 2 aromatic heterocycles. The average molecular weight is 434 g/mol. The van der Waals surface area contributed by atoms with Crippen LogP contribution in [0.4, 0.5) is 10.7 Å². The summed E-state index contributed by atoms with van der Waals surface area (Å²) in [7, 11) is 0.564. The maximum absolute atomic E-state index is 12.6. The molecule has 0 saturated carbocycles. The number of rotatable bonds is 6. The van der Waals surface area contributed by atoms with E-state index in [9.17, 15) is 18.0 Å². The van der Waals surface area contributed by atoms with Gasteiger partial charge in [0.15, 0.2) is 5.03 Å². The SMILES string of the molecule is COC(=O)c1c(Cl)cn(C)c1S(=O)(=O)NC(=O)Nc1nc(OC)cc(OC)n1. The topological polar surface area (TPSA) is 151 Å². The number of methoxy groups -OCH3 is 3. The van der Waals surface area contributed by atoms with E-state index in [1.165, 1.54) is 33.5 Å². The fourth-order valence-corrected chi connectivity index (χ4v) is 3.80. The quantitative estimate of drug-likeness (QED) is 0.629. The summed E-state index contributed by atoms with van der Waals surface area (Å²) in [5.41, 5.74) is -0.411. The van der Waals surface area contributed by atoms with Gasteiger partial charge < -0.3 is 18.8 Å². The zero-order valence-electron chi connectivity index (χ0n) is 15.1. The van der Waals surface area contributed by atoms with Crippen LogP contribution in [0.3, 0.4) is 0 Å². The monoisotopic (exact) mass is 433 g/mol. The van der Waals surface area contributed by atoms with Crippen molar-refractivity contribution in [2.75, 3.05) is 26.6 Å². The van der Waals surface area contributed by atoms with E-state index < -0.39 is 32.6 Å². The number of carbonyl (C=O) groups is 2. The molecule has 0 bridgehead atoms. The van der Waals surface area contributed by atoms with E-state index in [1.807, 2.05) is 0 Å². The first kappa shape index (κ1) is 21.2. The van der Waals surface area contributed by atoms with Crippen molar-refractivity contribution in [3.8, 4) is 11.8 Å². The summed E-state index contributed by atoms with van der Waals surface area (Å²) in [4.78, 5) is 31.7. The average Bonchev–Trinajstić information content (AvgIpc) is 2.94. The number of aryl methyl sites for hydroxylation is 1. The largest absolute Gasteiger partial charge is 0.481 e. The molecule has 2 amide bonds. The predicted octanol–water partition coefficient (Wildman–Crippen LogP) is 0.783. The van der Waals surface area contributed by atoms with Gasteiger partial charge in [0, 0.05) is 13.2 Å². The minimum Gasteiger partial charge on any atom is -0.481 e. The van der Waals surface area contributed by atoms with Crippen LogP contribution in [0.2, 0.25) is 5.02 Å². The van der Waals surface area contributed by atoms with Crippen molar-refractivity contribution in [2.24, 2.45) is 7.05 Å². The molecule has 0 radical (unpaired) electrons. The maximum atomic E-state index is 12.6. The summed E-state index contributed by atoms with van der Waals surface area (Å²) in [6, 6.07) is 0.164. The normalized spacial score (nSPS) is 10.9. The van der Waals surface area contributed by atoms with Crippen LogP contribution in [0.1, 0.15) is 10.4 Å². The van der Waals surface area contributed by atoms with Crippen molar-refractivity contribution in [3.05, 3.63) is 22.8 Å². The first-order valence-corrected chi connectivity index (χ1v) is 9.23. The molecule has 0 saturated heterocycles. The Morgan fingerprint density at radius 2 is 1.71 bits per heavy atom. The maximum Gasteiger partial charge on any atom is 0.342 e. The van der Waals surface area contributed by atoms with Gasteiger partial charge in [0.2, 0.25) is 17.7 Å². The highest BCUT2D eigenvalue weighted by Crippen LogP contribution is 2.26. The lowest BCUT2D eigenvalue weighted by Crippen LogP contribution is -2.36. The molecule has 28 heavy (non-hydrogen) atoms. The lowest BCUT2D eigenvalue weighted by molar-refractivity contribution is 0.0596. The van der Waals surface area contributed by atoms with Crippen LogP contribution in [0, 0.1) is 0 Å². The first-order chi connectivity index (χ1) is 13.1. The van der Waals surface area contributed by atoms with Gasteiger partial charge in [0.05, 0.1) is 32.4 Å². The number of carbonyl (C=O) groups excluding carboxylic acids is 2. The van der Waals surface area contributed by atoms with Crippen LogP contribution >= 0.6 is 11.6 Å². The third kappa shape index (κ3) is 4.43. The van der Waals surface area contributed by atoms with E-state index in [4.69, 9.17) is 21.1 Å². The zero-order valence-corrected chi connectivity index (χ0v) is 16.7. The molecule has 0 aromatic carbocycles. The van der Waals surface area contributed by atoms with E-state index >= 15 is 0 Å². The summed E-state index contributed by atoms with van der Waals surface area (Å²) in [5, 5.41) is 1.43. The molecule has 14 heteroatoms. The molecule has 0 fully saturated rings. The van der Waals surface area contributed by atoms with E-state index in [1.54, 1.807) is 4.72 Å². The molecule has 2 N–H and O–H groups in total. The molecule has 0 aliphatic heterocycles. The summed E-state index contributed by atoms with van der Waals surface area (Å²) in [6.07, 6.45) is 1.19. The highest BCUT2D eigenvalue weighted by molar-refractivity contribution is 7.90. The molecule has 0 aliphatic carbocycles. The number of hydrogen-bond donors (Lipinski definition) is 2. The minimum atomic E-state index is -4.51. The predicted molar refractivity (Wildman–Crippen MR) is 96.2 cm³/mol. The Kier molecular flexibility index (Phi) is 6.30. The lowest BCUT2D eigenvalue weighted by Gasteiger charge is -2.11. The molecule has 0 spiro atoms. The van der Waals surface area contributed by atoms with Crippen molar-refractivity contribution in [3.63, 3.8) is 0 Å². The molecule has 2 heterocycles. The Hall–Kier alpha value is -3.06. The molecule has 12 nitrogen and oxygen atoms in total. The smallest absolute Gasteiger partial charge is 0.342 e. The van der Waals surface area contributed by atoms with Gasteiger partial charge in [0.25, 0.3) is 10.0 Å². The highest BCUT2D eigenvalue weighted by atomic mass is 35.5. The molecular weight excluding hydrogens is 418 g/mol. The molecule has 0 atom stereocenters. The van der Waals surface area contributed by atoms with Crippen molar-refractivity contribution in [1.82, 2.24) is 19.3 Å². The number of nitrogens with zero attached hydrogens (tertiary/aromatic N) is 3. The summed E-state index contributed by atoms with van der Waals surface area (Å²) < 4.78 is 42.4. The lowest BCUT2D eigenvalue weighted by atomic mass is 10.3. The fraction of sp³-hybridized carbons (Fsp3) is 0.286. The van der Waals surface area contributed by atoms with Gasteiger partial charge in [-0.05, 0) is 0 Å². The molecule has 0 unspecified atom stereocenters. The van der Waals surface area contributed by atoms with Crippen LogP contribution in [0.25, 0.3) is 0 Å². The molecule has 2 rings (SSSR count). The van der Waals surface area contributed by atoms with Crippen molar-refractivity contribution in [2.45, 2.75) is 5.03 Å². The van der Waals surface area contributed by atoms with Crippen molar-refractivity contribution >= 4 is 39.6 Å².